The molecule has 0 saturated carbocycles. The van der Waals surface area contributed by atoms with E-state index in [0.717, 1.165) is 18.8 Å². The number of carbonyl (C=O) groups excluding carboxylic acids is 1. The van der Waals surface area contributed by atoms with Crippen LogP contribution in [0, 0.1) is 0 Å². The van der Waals surface area contributed by atoms with Crippen LogP contribution in [-0.2, 0) is 11.2 Å². The lowest BCUT2D eigenvalue weighted by Crippen LogP contribution is -2.34. The Balaban J connectivity index is 1.63. The van der Waals surface area contributed by atoms with Crippen molar-refractivity contribution in [1.29, 1.82) is 0 Å². The number of rotatable bonds is 5. The van der Waals surface area contributed by atoms with Gasteiger partial charge in [0.25, 0.3) is 0 Å². The van der Waals surface area contributed by atoms with E-state index in [1.165, 1.54) is 37.3 Å². The molecule has 1 fully saturated rings. The second-order valence-electron chi connectivity index (χ2n) is 4.25. The highest BCUT2D eigenvalue weighted by molar-refractivity contribution is 7.13. The van der Waals surface area contributed by atoms with Crippen LogP contribution in [0.3, 0.4) is 0 Å². The molecule has 1 aromatic rings. The number of nitrogens with two attached hydrogens (primary N) is 1. The zero-order valence-corrected chi connectivity index (χ0v) is 10.6. The lowest BCUT2D eigenvalue weighted by Gasteiger charge is -2.14. The van der Waals surface area contributed by atoms with E-state index in [9.17, 15) is 4.79 Å². The molecule has 5 nitrogen and oxygen atoms in total. The Bertz CT molecular complexity index is 373. The molecule has 6 heteroatoms. The number of aromatic nitrogens is 1. The van der Waals surface area contributed by atoms with Crippen molar-refractivity contribution >= 4 is 22.4 Å². The summed E-state index contributed by atoms with van der Waals surface area (Å²) in [5.41, 5.74) is 6.26. The molecule has 94 valence electrons. The second-order valence-corrected chi connectivity index (χ2v) is 5.14. The minimum atomic E-state index is 0.0227. The zero-order chi connectivity index (χ0) is 12.1. The van der Waals surface area contributed by atoms with Gasteiger partial charge < -0.3 is 16.0 Å². The number of anilines is 1. The SMILES string of the molecule is Nc1nc(CC(=O)NCCN2CCCC2)cs1. The largest absolute Gasteiger partial charge is 0.375 e. The van der Waals surface area contributed by atoms with Crippen LogP contribution in [0.2, 0.25) is 0 Å². The number of nitrogens with zero attached hydrogens (tertiary/aromatic N) is 2. The number of nitrogen functional groups attached to an aromatic ring is 1. The average Bonchev–Trinajstić information content (AvgIpc) is 2.90. The van der Waals surface area contributed by atoms with Crippen LogP contribution < -0.4 is 11.1 Å². The van der Waals surface area contributed by atoms with E-state index in [-0.39, 0.29) is 5.91 Å². The van der Waals surface area contributed by atoms with Crippen molar-refractivity contribution < 1.29 is 4.79 Å². The van der Waals surface area contributed by atoms with Crippen molar-refractivity contribution in [1.82, 2.24) is 15.2 Å². The lowest BCUT2D eigenvalue weighted by molar-refractivity contribution is -0.120. The highest BCUT2D eigenvalue weighted by atomic mass is 32.1. The molecule has 1 saturated heterocycles. The fourth-order valence-electron chi connectivity index (χ4n) is 1.99. The minimum absolute atomic E-state index is 0.0227. The number of hydrogen-bond donors (Lipinski definition) is 2. The first-order valence-corrected chi connectivity index (χ1v) is 6.81. The molecule has 0 atom stereocenters. The summed E-state index contributed by atoms with van der Waals surface area (Å²) in [6.45, 7) is 4.00. The summed E-state index contributed by atoms with van der Waals surface area (Å²) in [7, 11) is 0. The van der Waals surface area contributed by atoms with Crippen LogP contribution in [0.4, 0.5) is 5.13 Å². The Hall–Kier alpha value is -1.14. The number of thiazole rings is 1. The van der Waals surface area contributed by atoms with Crippen molar-refractivity contribution in [3.8, 4) is 0 Å². The molecule has 1 amide bonds. The standard InChI is InChI=1S/C11H18N4OS/c12-11-14-9(8-17-11)7-10(16)13-3-6-15-4-1-2-5-15/h8H,1-7H2,(H2,12,14)(H,13,16). The summed E-state index contributed by atoms with van der Waals surface area (Å²) < 4.78 is 0. The zero-order valence-electron chi connectivity index (χ0n) is 9.82. The number of amides is 1. The fourth-order valence-corrected chi connectivity index (χ4v) is 2.55. The summed E-state index contributed by atoms with van der Waals surface area (Å²) in [5, 5.41) is 5.26. The van der Waals surface area contributed by atoms with Crippen molar-refractivity contribution in [2.45, 2.75) is 19.3 Å². The molecule has 2 rings (SSSR count). The summed E-state index contributed by atoms with van der Waals surface area (Å²) >= 11 is 1.37. The van der Waals surface area contributed by atoms with E-state index in [1.807, 2.05) is 5.38 Å². The Labute approximate surface area is 105 Å². The quantitative estimate of drug-likeness (QED) is 0.802. The highest BCUT2D eigenvalue weighted by Gasteiger charge is 2.11. The van der Waals surface area contributed by atoms with Gasteiger partial charge in [-0.2, -0.15) is 0 Å². The molecule has 1 aliphatic heterocycles. The Morgan fingerprint density at radius 2 is 2.29 bits per heavy atom. The number of hydrogen-bond acceptors (Lipinski definition) is 5. The van der Waals surface area contributed by atoms with Gasteiger partial charge in [-0.15, -0.1) is 11.3 Å². The van der Waals surface area contributed by atoms with E-state index < -0.39 is 0 Å². The minimum Gasteiger partial charge on any atom is -0.375 e. The topological polar surface area (TPSA) is 71.2 Å². The summed E-state index contributed by atoms with van der Waals surface area (Å²) in [6.07, 6.45) is 2.89. The van der Waals surface area contributed by atoms with E-state index >= 15 is 0 Å². The number of carbonyl (C=O) groups is 1. The van der Waals surface area contributed by atoms with Gasteiger partial charge >= 0.3 is 0 Å². The molecule has 1 aliphatic rings. The van der Waals surface area contributed by atoms with Gasteiger partial charge in [0.05, 0.1) is 12.1 Å². The molecule has 0 aliphatic carbocycles. The molecule has 1 aromatic heterocycles. The van der Waals surface area contributed by atoms with E-state index in [0.29, 0.717) is 11.6 Å². The molecular formula is C11H18N4OS. The fraction of sp³-hybridized carbons (Fsp3) is 0.636. The Morgan fingerprint density at radius 3 is 2.94 bits per heavy atom. The molecule has 17 heavy (non-hydrogen) atoms. The summed E-state index contributed by atoms with van der Waals surface area (Å²) in [6, 6.07) is 0. The number of nitrogens with one attached hydrogen (secondary N) is 1. The van der Waals surface area contributed by atoms with Gasteiger partial charge in [0, 0.05) is 18.5 Å². The van der Waals surface area contributed by atoms with Crippen molar-refractivity contribution in [3.05, 3.63) is 11.1 Å². The Morgan fingerprint density at radius 1 is 1.53 bits per heavy atom. The third-order valence-corrected chi connectivity index (χ3v) is 3.58. The molecule has 0 radical (unpaired) electrons. The van der Waals surface area contributed by atoms with Crippen molar-refractivity contribution in [2.75, 3.05) is 31.9 Å². The van der Waals surface area contributed by atoms with Crippen molar-refractivity contribution in [3.63, 3.8) is 0 Å². The van der Waals surface area contributed by atoms with Crippen LogP contribution in [0.1, 0.15) is 18.5 Å². The van der Waals surface area contributed by atoms with Crippen LogP contribution in [0.5, 0.6) is 0 Å². The first-order chi connectivity index (χ1) is 8.24. The van der Waals surface area contributed by atoms with E-state index in [1.54, 1.807) is 0 Å². The second kappa shape index (κ2) is 5.97. The maximum atomic E-state index is 11.6. The predicted octanol–water partition coefficient (Wildman–Crippen LogP) is 0.480. The van der Waals surface area contributed by atoms with Gasteiger partial charge in [-0.25, -0.2) is 4.98 Å². The normalized spacial score (nSPS) is 16.2. The Kier molecular flexibility index (Phi) is 4.33. The van der Waals surface area contributed by atoms with Gasteiger partial charge in [0.15, 0.2) is 5.13 Å². The van der Waals surface area contributed by atoms with Crippen LogP contribution in [0.15, 0.2) is 5.38 Å². The summed E-state index contributed by atoms with van der Waals surface area (Å²) in [5.74, 6) is 0.0227. The molecule has 0 spiro atoms. The molecular weight excluding hydrogens is 236 g/mol. The lowest BCUT2D eigenvalue weighted by atomic mass is 10.3. The maximum absolute atomic E-state index is 11.6. The summed E-state index contributed by atoms with van der Waals surface area (Å²) in [4.78, 5) is 18.0. The molecule has 3 N–H and O–H groups in total. The smallest absolute Gasteiger partial charge is 0.226 e. The third kappa shape index (κ3) is 3.98. The van der Waals surface area contributed by atoms with Crippen molar-refractivity contribution in [2.24, 2.45) is 0 Å². The highest BCUT2D eigenvalue weighted by Crippen LogP contribution is 2.11. The third-order valence-electron chi connectivity index (χ3n) is 2.86. The van der Waals surface area contributed by atoms with Crippen LogP contribution >= 0.6 is 11.3 Å². The van der Waals surface area contributed by atoms with Gasteiger partial charge in [-0.1, -0.05) is 0 Å². The monoisotopic (exact) mass is 254 g/mol. The average molecular weight is 254 g/mol. The molecule has 0 aromatic carbocycles. The first-order valence-electron chi connectivity index (χ1n) is 5.93. The van der Waals surface area contributed by atoms with Crippen LogP contribution in [-0.4, -0.2) is 42.0 Å². The van der Waals surface area contributed by atoms with Crippen LogP contribution in [0.25, 0.3) is 0 Å². The van der Waals surface area contributed by atoms with E-state index in [4.69, 9.17) is 5.73 Å². The molecule has 0 bridgehead atoms. The predicted molar refractivity (Wildman–Crippen MR) is 68.9 cm³/mol. The first kappa shape index (κ1) is 12.3. The van der Waals surface area contributed by atoms with Gasteiger partial charge in [0.1, 0.15) is 0 Å². The molecule has 2 heterocycles. The maximum Gasteiger partial charge on any atom is 0.226 e. The van der Waals surface area contributed by atoms with Gasteiger partial charge in [0.2, 0.25) is 5.91 Å². The van der Waals surface area contributed by atoms with Gasteiger partial charge in [-0.05, 0) is 25.9 Å². The molecule has 0 unspecified atom stereocenters. The van der Waals surface area contributed by atoms with Gasteiger partial charge in [-0.3, -0.25) is 4.79 Å². The van der Waals surface area contributed by atoms with E-state index in [2.05, 4.69) is 15.2 Å². The number of likely N-dealkylation sites (tertiary alicyclic amines) is 1.